The molecule has 1 heterocycles. The Morgan fingerprint density at radius 1 is 1.22 bits per heavy atom. The first-order chi connectivity index (χ1) is 8.50. The Balaban J connectivity index is 2.08. The summed E-state index contributed by atoms with van der Waals surface area (Å²) in [6.07, 6.45) is -2.78. The largest absolute Gasteiger partial charge is 0.391 e. The van der Waals surface area contributed by atoms with Crippen LogP contribution in [0.4, 0.5) is 13.2 Å². The monoisotopic (exact) mass is 257 g/mol. The summed E-state index contributed by atoms with van der Waals surface area (Å²) in [6, 6.07) is 7.70. The van der Waals surface area contributed by atoms with Crippen molar-refractivity contribution in [1.82, 2.24) is 5.32 Å². The molecule has 1 fully saturated rings. The Kier molecular flexibility index (Phi) is 3.95. The predicted octanol–water partition coefficient (Wildman–Crippen LogP) is 3.85. The standard InChI is InChI=1S/C14H18F3N/c1-2-10-3-5-11(6-4-10)13-9-12(7-8-18-13)14(15,16)17/h3-6,12-13,18H,2,7-9H2,1H3. The SMILES string of the molecule is CCc1ccc(C2CC(C(F)(F)F)CCN2)cc1. The molecular weight excluding hydrogens is 239 g/mol. The second-order valence-electron chi connectivity index (χ2n) is 4.86. The molecule has 1 saturated heterocycles. The van der Waals surface area contributed by atoms with Gasteiger partial charge in [-0.3, -0.25) is 0 Å². The van der Waals surface area contributed by atoms with Gasteiger partial charge in [0.15, 0.2) is 0 Å². The van der Waals surface area contributed by atoms with Crippen molar-refractivity contribution >= 4 is 0 Å². The van der Waals surface area contributed by atoms with Gasteiger partial charge in [-0.1, -0.05) is 31.2 Å². The molecule has 0 aliphatic carbocycles. The molecule has 2 unspecified atom stereocenters. The minimum Gasteiger partial charge on any atom is -0.310 e. The zero-order valence-electron chi connectivity index (χ0n) is 10.4. The van der Waals surface area contributed by atoms with Gasteiger partial charge in [0.05, 0.1) is 5.92 Å². The first-order valence-electron chi connectivity index (χ1n) is 6.39. The number of halogens is 3. The lowest BCUT2D eigenvalue weighted by molar-refractivity contribution is -0.183. The fourth-order valence-corrected chi connectivity index (χ4v) is 2.45. The summed E-state index contributed by atoms with van der Waals surface area (Å²) in [5.41, 5.74) is 2.17. The molecule has 2 atom stereocenters. The quantitative estimate of drug-likeness (QED) is 0.848. The van der Waals surface area contributed by atoms with Crippen LogP contribution in [0.15, 0.2) is 24.3 Å². The van der Waals surface area contributed by atoms with Gasteiger partial charge in [-0.15, -0.1) is 0 Å². The third kappa shape index (κ3) is 3.05. The van der Waals surface area contributed by atoms with Crippen LogP contribution in [-0.2, 0) is 6.42 Å². The molecule has 100 valence electrons. The van der Waals surface area contributed by atoms with E-state index in [1.165, 1.54) is 5.56 Å². The maximum Gasteiger partial charge on any atom is 0.391 e. The third-order valence-electron chi connectivity index (χ3n) is 3.66. The minimum absolute atomic E-state index is 0.148. The van der Waals surface area contributed by atoms with E-state index in [9.17, 15) is 13.2 Å². The highest BCUT2D eigenvalue weighted by atomic mass is 19.4. The van der Waals surface area contributed by atoms with E-state index in [1.807, 2.05) is 24.3 Å². The molecule has 1 aliphatic rings. The summed E-state index contributed by atoms with van der Waals surface area (Å²) in [5, 5.41) is 3.17. The number of benzene rings is 1. The number of hydrogen-bond donors (Lipinski definition) is 1. The summed E-state index contributed by atoms with van der Waals surface area (Å²) in [5.74, 6) is -1.17. The van der Waals surface area contributed by atoms with E-state index in [4.69, 9.17) is 0 Å². The number of hydrogen-bond acceptors (Lipinski definition) is 1. The molecule has 0 radical (unpaired) electrons. The van der Waals surface area contributed by atoms with Crippen LogP contribution in [0.1, 0.15) is 36.9 Å². The van der Waals surface area contributed by atoms with Crippen molar-refractivity contribution in [3.8, 4) is 0 Å². The van der Waals surface area contributed by atoms with E-state index in [1.54, 1.807) is 0 Å². The van der Waals surface area contributed by atoms with E-state index in [0.29, 0.717) is 6.54 Å². The Labute approximate surface area is 105 Å². The topological polar surface area (TPSA) is 12.0 Å². The van der Waals surface area contributed by atoms with Gasteiger partial charge in [-0.25, -0.2) is 0 Å². The third-order valence-corrected chi connectivity index (χ3v) is 3.66. The van der Waals surface area contributed by atoms with Crippen LogP contribution < -0.4 is 5.32 Å². The normalized spacial score (nSPS) is 25.1. The lowest BCUT2D eigenvalue weighted by atomic mass is 9.88. The Hall–Kier alpha value is -1.03. The summed E-state index contributed by atoms with van der Waals surface area (Å²) in [7, 11) is 0. The average Bonchev–Trinajstić information content (AvgIpc) is 2.38. The van der Waals surface area contributed by atoms with E-state index in [0.717, 1.165) is 12.0 Å². The van der Waals surface area contributed by atoms with E-state index < -0.39 is 12.1 Å². The lowest BCUT2D eigenvalue weighted by Crippen LogP contribution is -2.38. The maximum absolute atomic E-state index is 12.7. The number of aryl methyl sites for hydroxylation is 1. The first kappa shape index (κ1) is 13.4. The fraction of sp³-hybridized carbons (Fsp3) is 0.571. The van der Waals surface area contributed by atoms with E-state index in [2.05, 4.69) is 12.2 Å². The molecule has 2 rings (SSSR count). The molecule has 0 saturated carbocycles. The smallest absolute Gasteiger partial charge is 0.310 e. The van der Waals surface area contributed by atoms with Crippen LogP contribution in [0.25, 0.3) is 0 Å². The molecule has 1 aromatic carbocycles. The molecular formula is C14H18F3N. The van der Waals surface area contributed by atoms with Gasteiger partial charge in [0, 0.05) is 6.04 Å². The number of nitrogens with one attached hydrogen (secondary N) is 1. The Morgan fingerprint density at radius 3 is 2.44 bits per heavy atom. The molecule has 0 amide bonds. The van der Waals surface area contributed by atoms with Gasteiger partial charge < -0.3 is 5.32 Å². The Morgan fingerprint density at radius 2 is 1.89 bits per heavy atom. The van der Waals surface area contributed by atoms with Crippen molar-refractivity contribution in [3.63, 3.8) is 0 Å². The molecule has 0 spiro atoms. The lowest BCUT2D eigenvalue weighted by Gasteiger charge is -2.32. The summed E-state index contributed by atoms with van der Waals surface area (Å²) >= 11 is 0. The number of rotatable bonds is 2. The highest BCUT2D eigenvalue weighted by Gasteiger charge is 2.42. The minimum atomic E-state index is -4.07. The van der Waals surface area contributed by atoms with Crippen molar-refractivity contribution in [2.45, 2.75) is 38.4 Å². The maximum atomic E-state index is 12.7. The van der Waals surface area contributed by atoms with Crippen molar-refractivity contribution < 1.29 is 13.2 Å². The van der Waals surface area contributed by atoms with Crippen LogP contribution in [-0.4, -0.2) is 12.7 Å². The molecule has 1 N–H and O–H groups in total. The molecule has 1 nitrogen and oxygen atoms in total. The van der Waals surface area contributed by atoms with Crippen molar-refractivity contribution in [2.24, 2.45) is 5.92 Å². The zero-order valence-corrected chi connectivity index (χ0v) is 10.4. The zero-order chi connectivity index (χ0) is 13.2. The average molecular weight is 257 g/mol. The van der Waals surface area contributed by atoms with Crippen LogP contribution in [0.3, 0.4) is 0 Å². The molecule has 1 aromatic rings. The molecule has 4 heteroatoms. The molecule has 1 aliphatic heterocycles. The van der Waals surface area contributed by atoms with Crippen molar-refractivity contribution in [3.05, 3.63) is 35.4 Å². The summed E-state index contributed by atoms with van der Waals surface area (Å²) in [4.78, 5) is 0. The van der Waals surface area contributed by atoms with Gasteiger partial charge in [-0.2, -0.15) is 13.2 Å². The van der Waals surface area contributed by atoms with Gasteiger partial charge in [0.25, 0.3) is 0 Å². The number of piperidine rings is 1. The number of alkyl halides is 3. The Bertz CT molecular complexity index is 383. The first-order valence-corrected chi connectivity index (χ1v) is 6.39. The van der Waals surface area contributed by atoms with Crippen molar-refractivity contribution in [2.75, 3.05) is 6.54 Å². The van der Waals surface area contributed by atoms with E-state index in [-0.39, 0.29) is 18.9 Å². The molecule has 0 aromatic heterocycles. The van der Waals surface area contributed by atoms with Crippen molar-refractivity contribution in [1.29, 1.82) is 0 Å². The van der Waals surface area contributed by atoms with Crippen LogP contribution in [0.5, 0.6) is 0 Å². The second-order valence-corrected chi connectivity index (χ2v) is 4.86. The summed E-state index contributed by atoms with van der Waals surface area (Å²) < 4.78 is 38.2. The fourth-order valence-electron chi connectivity index (χ4n) is 2.45. The highest BCUT2D eigenvalue weighted by molar-refractivity contribution is 5.25. The molecule has 0 bridgehead atoms. The van der Waals surface area contributed by atoms with Gasteiger partial charge in [0.2, 0.25) is 0 Å². The van der Waals surface area contributed by atoms with Gasteiger partial charge in [0.1, 0.15) is 0 Å². The van der Waals surface area contributed by atoms with Gasteiger partial charge >= 0.3 is 6.18 Å². The van der Waals surface area contributed by atoms with Crippen LogP contribution >= 0.6 is 0 Å². The molecule has 18 heavy (non-hydrogen) atoms. The van der Waals surface area contributed by atoms with E-state index >= 15 is 0 Å². The summed E-state index contributed by atoms with van der Waals surface area (Å²) in [6.45, 7) is 2.50. The van der Waals surface area contributed by atoms with Gasteiger partial charge in [-0.05, 0) is 36.9 Å². The van der Waals surface area contributed by atoms with Crippen LogP contribution in [0, 0.1) is 5.92 Å². The predicted molar refractivity (Wildman–Crippen MR) is 65.3 cm³/mol. The van der Waals surface area contributed by atoms with Crippen LogP contribution in [0.2, 0.25) is 0 Å². The second kappa shape index (κ2) is 5.31. The highest BCUT2D eigenvalue weighted by Crippen LogP contribution is 2.38.